The van der Waals surface area contributed by atoms with Crippen LogP contribution in [0.3, 0.4) is 0 Å². The molecule has 2 rings (SSSR count). The zero-order valence-corrected chi connectivity index (χ0v) is 11.2. The third-order valence-electron chi connectivity index (χ3n) is 3.36. The van der Waals surface area contributed by atoms with Gasteiger partial charge in [0, 0.05) is 18.8 Å². The monoisotopic (exact) mass is 247 g/mol. The molecule has 4 nitrogen and oxygen atoms in total. The van der Waals surface area contributed by atoms with Gasteiger partial charge in [-0.2, -0.15) is 0 Å². The van der Waals surface area contributed by atoms with Crippen LogP contribution in [-0.2, 0) is 6.54 Å². The number of rotatable bonds is 5. The number of nitrogens with one attached hydrogen (secondary N) is 1. The molecule has 0 saturated carbocycles. The predicted octanol–water partition coefficient (Wildman–Crippen LogP) is 1.75. The summed E-state index contributed by atoms with van der Waals surface area (Å²) in [6.07, 6.45) is 2.02. The Bertz CT molecular complexity index is 519. The minimum atomic E-state index is 0.124. The Morgan fingerprint density at radius 2 is 2.17 bits per heavy atom. The second-order valence-corrected chi connectivity index (χ2v) is 4.99. The summed E-state index contributed by atoms with van der Waals surface area (Å²) in [4.78, 5) is 4.52. The molecule has 0 aliphatic heterocycles. The summed E-state index contributed by atoms with van der Waals surface area (Å²) in [5.74, 6) is 0.412. The number of pyridine rings is 1. The largest absolute Gasteiger partial charge is 0.395 e. The second-order valence-electron chi connectivity index (χ2n) is 4.99. The highest BCUT2D eigenvalue weighted by atomic mass is 16.3. The van der Waals surface area contributed by atoms with Crippen molar-refractivity contribution < 1.29 is 5.11 Å². The summed E-state index contributed by atoms with van der Waals surface area (Å²) < 4.78 is 2.09. The predicted molar refractivity (Wildman–Crippen MR) is 72.5 cm³/mol. The van der Waals surface area contributed by atoms with Gasteiger partial charge >= 0.3 is 0 Å². The van der Waals surface area contributed by atoms with Gasteiger partial charge in [-0.15, -0.1) is 0 Å². The molecule has 4 heteroatoms. The van der Waals surface area contributed by atoms with E-state index in [1.165, 1.54) is 0 Å². The molecule has 0 spiro atoms. The van der Waals surface area contributed by atoms with E-state index in [1.54, 1.807) is 0 Å². The fourth-order valence-electron chi connectivity index (χ4n) is 2.12. The number of aliphatic hydroxyl groups is 1. The van der Waals surface area contributed by atoms with Gasteiger partial charge in [0.1, 0.15) is 5.65 Å². The van der Waals surface area contributed by atoms with E-state index in [0.717, 1.165) is 23.6 Å². The maximum absolute atomic E-state index is 9.32. The lowest BCUT2D eigenvalue weighted by molar-refractivity contribution is 0.209. The maximum atomic E-state index is 9.32. The van der Waals surface area contributed by atoms with Crippen LogP contribution in [0.25, 0.3) is 5.65 Å². The third-order valence-corrected chi connectivity index (χ3v) is 3.36. The van der Waals surface area contributed by atoms with Gasteiger partial charge in [-0.05, 0) is 25.0 Å². The van der Waals surface area contributed by atoms with Gasteiger partial charge in [0.2, 0.25) is 0 Å². The van der Waals surface area contributed by atoms with Crippen LogP contribution in [0.2, 0.25) is 0 Å². The van der Waals surface area contributed by atoms with Crippen molar-refractivity contribution in [3.05, 3.63) is 35.8 Å². The van der Waals surface area contributed by atoms with Crippen LogP contribution in [0.4, 0.5) is 0 Å². The Labute approximate surface area is 108 Å². The van der Waals surface area contributed by atoms with Crippen LogP contribution in [0.1, 0.15) is 25.2 Å². The van der Waals surface area contributed by atoms with Gasteiger partial charge in [-0.1, -0.05) is 19.9 Å². The second kappa shape index (κ2) is 5.50. The van der Waals surface area contributed by atoms with Gasteiger partial charge in [0.25, 0.3) is 0 Å². The van der Waals surface area contributed by atoms with E-state index in [-0.39, 0.29) is 12.6 Å². The Hall–Kier alpha value is -1.39. The average Bonchev–Trinajstić information content (AvgIpc) is 2.66. The highest BCUT2D eigenvalue weighted by molar-refractivity contribution is 5.42. The number of fused-ring (bicyclic) bond motifs is 1. The summed E-state index contributed by atoms with van der Waals surface area (Å²) in [6, 6.07) is 6.12. The fourth-order valence-corrected chi connectivity index (χ4v) is 2.12. The molecule has 0 bridgehead atoms. The van der Waals surface area contributed by atoms with E-state index in [0.29, 0.717) is 5.92 Å². The van der Waals surface area contributed by atoms with Gasteiger partial charge in [0.05, 0.1) is 18.0 Å². The Morgan fingerprint density at radius 3 is 2.83 bits per heavy atom. The van der Waals surface area contributed by atoms with Gasteiger partial charge in [0.15, 0.2) is 0 Å². The molecule has 0 amide bonds. The first-order valence-electron chi connectivity index (χ1n) is 6.40. The summed E-state index contributed by atoms with van der Waals surface area (Å²) in [6.45, 7) is 7.12. The summed E-state index contributed by atoms with van der Waals surface area (Å²) in [5, 5.41) is 12.7. The van der Waals surface area contributed by atoms with Crippen LogP contribution >= 0.6 is 0 Å². The summed E-state index contributed by atoms with van der Waals surface area (Å²) in [7, 11) is 0. The molecule has 2 aromatic heterocycles. The molecule has 1 atom stereocenters. The molecule has 0 saturated heterocycles. The first kappa shape index (κ1) is 13.1. The molecule has 2 aromatic rings. The average molecular weight is 247 g/mol. The molecule has 0 radical (unpaired) electrons. The molecule has 2 heterocycles. The zero-order chi connectivity index (χ0) is 13.1. The highest BCUT2D eigenvalue weighted by Gasteiger charge is 2.14. The van der Waals surface area contributed by atoms with Crippen molar-refractivity contribution in [1.82, 2.24) is 14.7 Å². The molecule has 18 heavy (non-hydrogen) atoms. The van der Waals surface area contributed by atoms with Gasteiger partial charge in [-0.3, -0.25) is 0 Å². The van der Waals surface area contributed by atoms with E-state index in [9.17, 15) is 5.11 Å². The highest BCUT2D eigenvalue weighted by Crippen LogP contribution is 2.12. The number of imidazole rings is 1. The first-order chi connectivity index (χ1) is 8.63. The quantitative estimate of drug-likeness (QED) is 0.846. The summed E-state index contributed by atoms with van der Waals surface area (Å²) in [5.41, 5.74) is 3.16. The van der Waals surface area contributed by atoms with E-state index in [1.807, 2.05) is 31.3 Å². The Balaban J connectivity index is 2.19. The van der Waals surface area contributed by atoms with Crippen LogP contribution in [-0.4, -0.2) is 27.1 Å². The lowest BCUT2D eigenvalue weighted by Gasteiger charge is -2.20. The minimum absolute atomic E-state index is 0.124. The number of hydrogen-bond donors (Lipinski definition) is 2. The first-order valence-corrected chi connectivity index (χ1v) is 6.40. The van der Waals surface area contributed by atoms with Crippen LogP contribution in [0.5, 0.6) is 0 Å². The zero-order valence-electron chi connectivity index (χ0n) is 11.2. The summed E-state index contributed by atoms with van der Waals surface area (Å²) >= 11 is 0. The van der Waals surface area contributed by atoms with Crippen molar-refractivity contribution in [3.63, 3.8) is 0 Å². The third kappa shape index (κ3) is 2.54. The van der Waals surface area contributed by atoms with Crippen molar-refractivity contribution in [2.75, 3.05) is 6.61 Å². The lowest BCUT2D eigenvalue weighted by Crippen LogP contribution is -2.36. The molecular weight excluding hydrogens is 226 g/mol. The molecule has 0 unspecified atom stereocenters. The van der Waals surface area contributed by atoms with Crippen molar-refractivity contribution in [1.29, 1.82) is 0 Å². The maximum Gasteiger partial charge on any atom is 0.137 e. The van der Waals surface area contributed by atoms with E-state index < -0.39 is 0 Å². The molecule has 0 fully saturated rings. The Morgan fingerprint density at radius 1 is 1.39 bits per heavy atom. The molecular formula is C14H21N3O. The standard InChI is InChI=1S/C14H21N3O/c1-10(2)12(9-18)15-8-13-11(3)16-14-6-4-5-7-17(13)14/h4-7,10,12,15,18H,8-9H2,1-3H3/t12-/m1/s1. The normalized spacial score (nSPS) is 13.4. The number of nitrogens with zero attached hydrogens (tertiary/aromatic N) is 2. The van der Waals surface area contributed by atoms with Crippen molar-refractivity contribution in [3.8, 4) is 0 Å². The van der Waals surface area contributed by atoms with Gasteiger partial charge in [-0.25, -0.2) is 4.98 Å². The molecule has 2 N–H and O–H groups in total. The van der Waals surface area contributed by atoms with Crippen molar-refractivity contribution >= 4 is 5.65 Å². The van der Waals surface area contributed by atoms with E-state index >= 15 is 0 Å². The van der Waals surface area contributed by atoms with Crippen molar-refractivity contribution in [2.45, 2.75) is 33.4 Å². The SMILES string of the molecule is Cc1nc2ccccn2c1CN[C@H](CO)C(C)C. The molecule has 0 aliphatic rings. The minimum Gasteiger partial charge on any atom is -0.395 e. The van der Waals surface area contributed by atoms with E-state index in [2.05, 4.69) is 28.5 Å². The van der Waals surface area contributed by atoms with Crippen molar-refractivity contribution in [2.24, 2.45) is 5.92 Å². The van der Waals surface area contributed by atoms with Crippen LogP contribution in [0, 0.1) is 12.8 Å². The molecule has 0 aromatic carbocycles. The fraction of sp³-hybridized carbons (Fsp3) is 0.500. The smallest absolute Gasteiger partial charge is 0.137 e. The van der Waals surface area contributed by atoms with Gasteiger partial charge < -0.3 is 14.8 Å². The number of aryl methyl sites for hydroxylation is 1. The van der Waals surface area contributed by atoms with E-state index in [4.69, 9.17) is 0 Å². The molecule has 0 aliphatic carbocycles. The van der Waals surface area contributed by atoms with Crippen LogP contribution in [0.15, 0.2) is 24.4 Å². The van der Waals surface area contributed by atoms with Crippen LogP contribution < -0.4 is 5.32 Å². The lowest BCUT2D eigenvalue weighted by atomic mass is 10.1. The molecule has 98 valence electrons. The number of aromatic nitrogens is 2. The Kier molecular flexibility index (Phi) is 3.99. The number of aliphatic hydroxyl groups excluding tert-OH is 1. The number of hydrogen-bond acceptors (Lipinski definition) is 3. The topological polar surface area (TPSA) is 49.6 Å².